The third-order valence-corrected chi connectivity index (χ3v) is 4.82. The predicted octanol–water partition coefficient (Wildman–Crippen LogP) is 4.30. The van der Waals surface area contributed by atoms with E-state index < -0.39 is 0 Å². The molecule has 0 fully saturated rings. The number of rotatable bonds is 2. The number of aryl methyl sites for hydroxylation is 1. The van der Waals surface area contributed by atoms with Gasteiger partial charge in [-0.25, -0.2) is 0 Å². The molecule has 0 saturated heterocycles. The van der Waals surface area contributed by atoms with E-state index in [0.717, 1.165) is 12.1 Å². The third kappa shape index (κ3) is 2.84. The zero-order chi connectivity index (χ0) is 14.1. The molecule has 1 aliphatic rings. The second-order valence-corrected chi connectivity index (χ2v) is 6.60. The highest BCUT2D eigenvalue weighted by atomic mass is 35.5. The zero-order valence-corrected chi connectivity index (χ0v) is 12.6. The van der Waals surface area contributed by atoms with Gasteiger partial charge in [0, 0.05) is 15.6 Å². The fourth-order valence-electron chi connectivity index (χ4n) is 2.27. The van der Waals surface area contributed by atoms with E-state index in [1.54, 1.807) is 23.9 Å². The first-order valence-corrected chi connectivity index (χ1v) is 7.70. The van der Waals surface area contributed by atoms with E-state index in [9.17, 15) is 4.79 Å². The van der Waals surface area contributed by atoms with Crippen LogP contribution in [0, 0.1) is 6.92 Å². The van der Waals surface area contributed by atoms with Crippen molar-refractivity contribution in [1.82, 2.24) is 0 Å². The van der Waals surface area contributed by atoms with Gasteiger partial charge in [-0.1, -0.05) is 35.4 Å². The summed E-state index contributed by atoms with van der Waals surface area (Å²) >= 11 is 7.56. The maximum absolute atomic E-state index is 12.3. The summed E-state index contributed by atoms with van der Waals surface area (Å²) in [6, 6.07) is 13.6. The molecule has 1 amide bonds. The first-order valence-electron chi connectivity index (χ1n) is 6.44. The van der Waals surface area contributed by atoms with Gasteiger partial charge in [0.1, 0.15) is 0 Å². The Kier molecular flexibility index (Phi) is 3.72. The standard InChI is InChI=1S/C16H14ClNOS/c1-10-5-6-11-8-15(20-14(11)7-10)16(19)18-13-4-2-3-12(17)9-13/h2-7,9,15H,8H2,1H3,(H,18,19)/t15-/m0/s1. The van der Waals surface area contributed by atoms with E-state index in [1.807, 2.05) is 12.1 Å². The highest BCUT2D eigenvalue weighted by Gasteiger charge is 2.28. The zero-order valence-electron chi connectivity index (χ0n) is 11.0. The molecule has 0 spiro atoms. The third-order valence-electron chi connectivity index (χ3n) is 3.28. The average molecular weight is 304 g/mol. The first kappa shape index (κ1) is 13.5. The van der Waals surface area contributed by atoms with Gasteiger partial charge in [-0.2, -0.15) is 0 Å². The van der Waals surface area contributed by atoms with E-state index in [-0.39, 0.29) is 11.2 Å². The van der Waals surface area contributed by atoms with Crippen LogP contribution in [0.2, 0.25) is 5.02 Å². The quantitative estimate of drug-likeness (QED) is 0.896. The van der Waals surface area contributed by atoms with Crippen LogP contribution in [0.4, 0.5) is 5.69 Å². The molecule has 0 unspecified atom stereocenters. The molecule has 102 valence electrons. The van der Waals surface area contributed by atoms with Crippen molar-refractivity contribution in [3.05, 3.63) is 58.6 Å². The fourth-order valence-corrected chi connectivity index (χ4v) is 3.75. The molecule has 2 aromatic rings. The SMILES string of the molecule is Cc1ccc2c(c1)S[C@H](C(=O)Nc1cccc(Cl)c1)C2. The molecule has 3 rings (SSSR count). The molecular weight excluding hydrogens is 290 g/mol. The number of anilines is 1. The van der Waals surface area contributed by atoms with Crippen LogP contribution < -0.4 is 5.32 Å². The number of nitrogens with one attached hydrogen (secondary N) is 1. The second kappa shape index (κ2) is 5.51. The van der Waals surface area contributed by atoms with Gasteiger partial charge in [-0.15, -0.1) is 11.8 Å². The van der Waals surface area contributed by atoms with Crippen LogP contribution >= 0.6 is 23.4 Å². The molecule has 1 heterocycles. The van der Waals surface area contributed by atoms with Gasteiger partial charge in [0.15, 0.2) is 0 Å². The Balaban J connectivity index is 1.71. The maximum Gasteiger partial charge on any atom is 0.238 e. The van der Waals surface area contributed by atoms with E-state index in [1.165, 1.54) is 16.0 Å². The van der Waals surface area contributed by atoms with Crippen molar-refractivity contribution < 1.29 is 4.79 Å². The molecule has 1 aliphatic heterocycles. The first-order chi connectivity index (χ1) is 9.61. The lowest BCUT2D eigenvalue weighted by Crippen LogP contribution is -2.24. The van der Waals surface area contributed by atoms with Crippen LogP contribution in [-0.4, -0.2) is 11.2 Å². The number of benzene rings is 2. The fraction of sp³-hybridized carbons (Fsp3) is 0.188. The maximum atomic E-state index is 12.3. The van der Waals surface area contributed by atoms with Crippen LogP contribution in [0.25, 0.3) is 0 Å². The van der Waals surface area contributed by atoms with Crippen molar-refractivity contribution in [2.24, 2.45) is 0 Å². The van der Waals surface area contributed by atoms with Crippen molar-refractivity contribution in [3.63, 3.8) is 0 Å². The number of carbonyl (C=O) groups is 1. The van der Waals surface area contributed by atoms with Crippen molar-refractivity contribution >= 4 is 35.0 Å². The van der Waals surface area contributed by atoms with Crippen molar-refractivity contribution in [3.8, 4) is 0 Å². The summed E-state index contributed by atoms with van der Waals surface area (Å²) in [7, 11) is 0. The Morgan fingerprint density at radius 3 is 2.95 bits per heavy atom. The largest absolute Gasteiger partial charge is 0.325 e. The van der Waals surface area contributed by atoms with Crippen LogP contribution in [-0.2, 0) is 11.2 Å². The summed E-state index contributed by atoms with van der Waals surface area (Å²) in [5.74, 6) is 0.0334. The van der Waals surface area contributed by atoms with Crippen molar-refractivity contribution in [2.75, 3.05) is 5.32 Å². The van der Waals surface area contributed by atoms with Crippen molar-refractivity contribution in [2.45, 2.75) is 23.5 Å². The van der Waals surface area contributed by atoms with Gasteiger partial charge in [0.2, 0.25) is 5.91 Å². The molecule has 1 atom stereocenters. The predicted molar refractivity (Wildman–Crippen MR) is 84.6 cm³/mol. The van der Waals surface area contributed by atoms with Crippen LogP contribution in [0.15, 0.2) is 47.4 Å². The van der Waals surface area contributed by atoms with Gasteiger partial charge in [-0.05, 0) is 43.2 Å². The summed E-state index contributed by atoms with van der Waals surface area (Å²) in [4.78, 5) is 13.5. The highest BCUT2D eigenvalue weighted by molar-refractivity contribution is 8.01. The number of carbonyl (C=O) groups excluding carboxylic acids is 1. The minimum Gasteiger partial charge on any atom is -0.325 e. The Hall–Kier alpha value is -1.45. The number of hydrogen-bond acceptors (Lipinski definition) is 2. The molecule has 2 nitrogen and oxygen atoms in total. The van der Waals surface area contributed by atoms with Gasteiger partial charge in [0.05, 0.1) is 5.25 Å². The molecule has 0 aliphatic carbocycles. The van der Waals surface area contributed by atoms with E-state index in [0.29, 0.717) is 5.02 Å². The Morgan fingerprint density at radius 2 is 2.15 bits per heavy atom. The minimum atomic E-state index is -0.0641. The number of fused-ring (bicyclic) bond motifs is 1. The molecule has 0 aromatic heterocycles. The van der Waals surface area contributed by atoms with Gasteiger partial charge >= 0.3 is 0 Å². The second-order valence-electron chi connectivity index (χ2n) is 4.92. The average Bonchev–Trinajstić information content (AvgIpc) is 2.81. The van der Waals surface area contributed by atoms with Gasteiger partial charge in [0.25, 0.3) is 0 Å². The van der Waals surface area contributed by atoms with Crippen LogP contribution in [0.1, 0.15) is 11.1 Å². The molecule has 2 aromatic carbocycles. The van der Waals surface area contributed by atoms with Gasteiger partial charge < -0.3 is 5.32 Å². The normalized spacial score (nSPS) is 16.8. The summed E-state index contributed by atoms with van der Waals surface area (Å²) in [6.45, 7) is 2.07. The molecular formula is C16H14ClNOS. The van der Waals surface area contributed by atoms with Gasteiger partial charge in [-0.3, -0.25) is 4.79 Å². The lowest BCUT2D eigenvalue weighted by atomic mass is 10.1. The lowest BCUT2D eigenvalue weighted by molar-refractivity contribution is -0.115. The summed E-state index contributed by atoms with van der Waals surface area (Å²) in [5, 5.41) is 3.49. The Morgan fingerprint density at radius 1 is 1.30 bits per heavy atom. The topological polar surface area (TPSA) is 29.1 Å². The van der Waals surface area contributed by atoms with E-state index in [2.05, 4.69) is 30.4 Å². The number of hydrogen-bond donors (Lipinski definition) is 1. The van der Waals surface area contributed by atoms with E-state index >= 15 is 0 Å². The lowest BCUT2D eigenvalue weighted by Gasteiger charge is -2.10. The van der Waals surface area contributed by atoms with Crippen LogP contribution in [0.3, 0.4) is 0 Å². The molecule has 0 bridgehead atoms. The Labute approximate surface area is 127 Å². The molecule has 20 heavy (non-hydrogen) atoms. The van der Waals surface area contributed by atoms with Crippen molar-refractivity contribution in [1.29, 1.82) is 0 Å². The number of halogens is 1. The molecule has 0 radical (unpaired) electrons. The summed E-state index contributed by atoms with van der Waals surface area (Å²) < 4.78 is 0. The molecule has 4 heteroatoms. The molecule has 1 N–H and O–H groups in total. The summed E-state index contributed by atoms with van der Waals surface area (Å²) in [5.41, 5.74) is 3.23. The summed E-state index contributed by atoms with van der Waals surface area (Å²) in [6.07, 6.45) is 0.784. The smallest absolute Gasteiger partial charge is 0.238 e. The Bertz CT molecular complexity index is 671. The van der Waals surface area contributed by atoms with E-state index in [4.69, 9.17) is 11.6 Å². The van der Waals surface area contributed by atoms with Crippen LogP contribution in [0.5, 0.6) is 0 Å². The number of thioether (sulfide) groups is 1. The monoisotopic (exact) mass is 303 g/mol. The molecule has 0 saturated carbocycles. The minimum absolute atomic E-state index is 0.0334. The highest BCUT2D eigenvalue weighted by Crippen LogP contribution is 2.38. The number of amides is 1.